The van der Waals surface area contributed by atoms with Gasteiger partial charge in [-0.1, -0.05) is 23.2 Å². The summed E-state index contributed by atoms with van der Waals surface area (Å²) < 4.78 is 77.8. The van der Waals surface area contributed by atoms with Crippen molar-refractivity contribution in [2.45, 2.75) is 17.2 Å². The molecule has 2 aromatic rings. The lowest BCUT2D eigenvalue weighted by Gasteiger charge is -2.13. The number of benzene rings is 1. The highest BCUT2D eigenvalue weighted by atomic mass is 35.5. The largest absolute Gasteiger partial charge is 0.436 e. The van der Waals surface area contributed by atoms with Crippen molar-refractivity contribution in [2.75, 3.05) is 5.73 Å². The molecule has 2 N–H and O–H groups in total. The number of nitrogen functional groups attached to an aromatic ring is 1. The highest BCUT2D eigenvalue weighted by Gasteiger charge is 2.40. The van der Waals surface area contributed by atoms with E-state index in [0.29, 0.717) is 16.8 Å². The molecule has 1 aromatic carbocycles. The fourth-order valence-corrected chi connectivity index (χ4v) is 3.03. The Morgan fingerprint density at radius 2 is 1.60 bits per heavy atom. The van der Waals surface area contributed by atoms with Gasteiger partial charge in [0, 0.05) is 0 Å². The molecule has 0 bridgehead atoms. The van der Waals surface area contributed by atoms with Gasteiger partial charge in [0.2, 0.25) is 0 Å². The third kappa shape index (κ3) is 3.75. The number of rotatable bonds is 2. The predicted molar refractivity (Wildman–Crippen MR) is 79.5 cm³/mol. The molecule has 25 heavy (non-hydrogen) atoms. The van der Waals surface area contributed by atoms with Crippen molar-refractivity contribution < 1.29 is 26.3 Å². The van der Waals surface area contributed by atoms with Crippen LogP contribution in [0.25, 0.3) is 5.69 Å². The summed E-state index contributed by atoms with van der Waals surface area (Å²) in [5.41, 5.74) is 2.42. The number of nitrogens with two attached hydrogens (primary N) is 1. The van der Waals surface area contributed by atoms with Crippen molar-refractivity contribution in [3.63, 3.8) is 0 Å². The Labute approximate surface area is 150 Å². The van der Waals surface area contributed by atoms with E-state index in [-0.39, 0.29) is 11.8 Å². The smallest absolute Gasteiger partial charge is 0.383 e. The average molecular weight is 421 g/mol. The van der Waals surface area contributed by atoms with Crippen molar-refractivity contribution in [1.29, 1.82) is 5.26 Å². The van der Waals surface area contributed by atoms with Gasteiger partial charge in [-0.3, -0.25) is 0 Å². The Kier molecular flexibility index (Phi) is 5.09. The number of aromatic nitrogens is 2. The van der Waals surface area contributed by atoms with Gasteiger partial charge in [-0.2, -0.15) is 36.7 Å². The minimum absolute atomic E-state index is 0.101. The molecule has 0 atom stereocenters. The topological polar surface area (TPSA) is 67.6 Å². The van der Waals surface area contributed by atoms with Crippen molar-refractivity contribution in [3.8, 4) is 11.1 Å². The first-order valence-electron chi connectivity index (χ1n) is 5.96. The average Bonchev–Trinajstić information content (AvgIpc) is 2.75. The quantitative estimate of drug-likeness (QED) is 0.402. The van der Waals surface area contributed by atoms with E-state index in [1.807, 2.05) is 0 Å². The van der Waals surface area contributed by atoms with Crippen LogP contribution in [0.5, 0.6) is 0 Å². The Hall–Kier alpha value is -1.77. The molecular weight excluding hydrogens is 417 g/mol. The maximum atomic E-state index is 13.0. The molecule has 4 nitrogen and oxygen atoms in total. The highest BCUT2D eigenvalue weighted by molar-refractivity contribution is 8.03. The maximum absolute atomic E-state index is 13.0. The number of anilines is 1. The number of thioether (sulfide) groups is 1. The summed E-state index contributed by atoms with van der Waals surface area (Å²) in [5.74, 6) is -0.637. The maximum Gasteiger partial charge on any atom is 0.436 e. The van der Waals surface area contributed by atoms with E-state index >= 15 is 0 Å². The summed E-state index contributed by atoms with van der Waals surface area (Å²) >= 11 is 11.6. The Balaban J connectivity index is 2.74. The normalized spacial score (nSPS) is 12.3. The van der Waals surface area contributed by atoms with Crippen molar-refractivity contribution in [1.82, 2.24) is 9.78 Å². The molecule has 13 heteroatoms. The third-order valence-corrected chi connectivity index (χ3v) is 4.12. The first-order valence-corrected chi connectivity index (χ1v) is 7.53. The minimum atomic E-state index is -4.95. The van der Waals surface area contributed by atoms with Crippen LogP contribution in [0.15, 0.2) is 17.0 Å². The number of thiocyanates is 1. The minimum Gasteiger partial charge on any atom is -0.383 e. The summed E-state index contributed by atoms with van der Waals surface area (Å²) in [6.07, 6.45) is -9.72. The lowest BCUT2D eigenvalue weighted by atomic mass is 10.2. The van der Waals surface area contributed by atoms with Gasteiger partial charge in [-0.25, -0.2) is 4.68 Å². The summed E-state index contributed by atoms with van der Waals surface area (Å²) in [4.78, 5) is -0.706. The summed E-state index contributed by atoms with van der Waals surface area (Å²) in [5, 5.41) is 12.1. The van der Waals surface area contributed by atoms with Gasteiger partial charge in [-0.05, 0) is 23.9 Å². The van der Waals surface area contributed by atoms with Gasteiger partial charge in [0.25, 0.3) is 0 Å². The van der Waals surface area contributed by atoms with E-state index in [1.54, 1.807) is 0 Å². The summed E-state index contributed by atoms with van der Waals surface area (Å²) in [7, 11) is 0. The molecule has 0 radical (unpaired) electrons. The number of alkyl halides is 6. The van der Waals surface area contributed by atoms with Crippen LogP contribution in [0.4, 0.5) is 32.2 Å². The third-order valence-electron chi connectivity index (χ3n) is 2.85. The van der Waals surface area contributed by atoms with E-state index in [9.17, 15) is 26.3 Å². The molecule has 134 valence electrons. The van der Waals surface area contributed by atoms with E-state index in [2.05, 4.69) is 5.10 Å². The number of hydrogen-bond acceptors (Lipinski definition) is 4. The molecule has 1 heterocycles. The van der Waals surface area contributed by atoms with E-state index in [4.69, 9.17) is 34.2 Å². The zero-order chi connectivity index (χ0) is 19.2. The van der Waals surface area contributed by atoms with Gasteiger partial charge < -0.3 is 5.73 Å². The van der Waals surface area contributed by atoms with Crippen LogP contribution in [0.1, 0.15) is 11.3 Å². The van der Waals surface area contributed by atoms with E-state index in [0.717, 1.165) is 0 Å². The summed E-state index contributed by atoms with van der Waals surface area (Å²) in [6, 6.07) is 0.961. The van der Waals surface area contributed by atoms with Gasteiger partial charge in [-0.15, -0.1) is 0 Å². The second-order valence-electron chi connectivity index (χ2n) is 4.45. The number of halogens is 8. The fourth-order valence-electron chi connectivity index (χ4n) is 1.85. The van der Waals surface area contributed by atoms with Crippen molar-refractivity contribution in [3.05, 3.63) is 33.4 Å². The fraction of sp³-hybridized carbons (Fsp3) is 0.167. The van der Waals surface area contributed by atoms with Crippen molar-refractivity contribution in [2.24, 2.45) is 0 Å². The van der Waals surface area contributed by atoms with Gasteiger partial charge in [0.15, 0.2) is 5.69 Å². The SMILES string of the molecule is N#CSc1c(C(F)(F)F)nn(-c2c(Cl)cc(C(F)(F)F)cc2Cl)c1N. The molecule has 0 unspecified atom stereocenters. The number of hydrogen-bond donors (Lipinski definition) is 1. The molecule has 0 amide bonds. The van der Waals surface area contributed by atoms with E-state index < -0.39 is 50.1 Å². The second-order valence-corrected chi connectivity index (χ2v) is 6.06. The standard InChI is InChI=1S/C12H4Cl2F6N4S/c13-5-1-4(11(15,16)17)2-6(14)7(5)24-10(22)8(25-3-21)9(23-24)12(18,19)20/h1-2H,22H2. The van der Waals surface area contributed by atoms with Crippen LogP contribution in [0, 0.1) is 10.7 Å². The second kappa shape index (κ2) is 6.51. The first-order chi connectivity index (χ1) is 11.4. The predicted octanol–water partition coefficient (Wildman–Crippen LogP) is 5.37. The van der Waals surface area contributed by atoms with Gasteiger partial charge in [0.05, 0.1) is 20.5 Å². The highest BCUT2D eigenvalue weighted by Crippen LogP contribution is 2.43. The number of nitriles is 1. The zero-order valence-electron chi connectivity index (χ0n) is 11.5. The molecule has 0 saturated heterocycles. The summed E-state index contributed by atoms with van der Waals surface area (Å²) in [6.45, 7) is 0. The Morgan fingerprint density at radius 1 is 1.08 bits per heavy atom. The molecule has 1 aromatic heterocycles. The van der Waals surface area contributed by atoms with E-state index in [1.165, 1.54) is 5.40 Å². The molecule has 0 saturated carbocycles. The van der Waals surface area contributed by atoms with Crippen LogP contribution in [-0.4, -0.2) is 9.78 Å². The lowest BCUT2D eigenvalue weighted by Crippen LogP contribution is -2.10. The van der Waals surface area contributed by atoms with Gasteiger partial charge >= 0.3 is 12.4 Å². The molecular formula is C12H4Cl2F6N4S. The molecule has 0 aliphatic carbocycles. The molecule has 0 fully saturated rings. The number of nitrogens with zero attached hydrogens (tertiary/aromatic N) is 3. The molecule has 0 spiro atoms. The Bertz CT molecular complexity index is 845. The van der Waals surface area contributed by atoms with Crippen LogP contribution >= 0.6 is 35.0 Å². The van der Waals surface area contributed by atoms with Crippen LogP contribution in [-0.2, 0) is 12.4 Å². The van der Waals surface area contributed by atoms with Crippen molar-refractivity contribution >= 4 is 40.8 Å². The van der Waals surface area contributed by atoms with Crippen LogP contribution < -0.4 is 5.73 Å². The van der Waals surface area contributed by atoms with Crippen LogP contribution in [0.2, 0.25) is 10.0 Å². The first kappa shape index (κ1) is 19.6. The zero-order valence-corrected chi connectivity index (χ0v) is 13.8. The van der Waals surface area contributed by atoms with Gasteiger partial charge in [0.1, 0.15) is 16.9 Å². The molecule has 0 aliphatic rings. The van der Waals surface area contributed by atoms with Crippen LogP contribution in [0.3, 0.4) is 0 Å². The Morgan fingerprint density at radius 3 is 2.00 bits per heavy atom. The lowest BCUT2D eigenvalue weighted by molar-refractivity contribution is -0.143. The monoisotopic (exact) mass is 420 g/mol. The molecule has 2 rings (SSSR count). The molecule has 0 aliphatic heterocycles.